The van der Waals surface area contributed by atoms with Gasteiger partial charge in [-0.2, -0.15) is 0 Å². The Balaban J connectivity index is 2.74. The topological polar surface area (TPSA) is 49.7 Å². The summed E-state index contributed by atoms with van der Waals surface area (Å²) >= 11 is 0. The molecule has 1 rings (SSSR count). The molecular formula is C14H22O3. The Hall–Kier alpha value is -1.06. The van der Waals surface area contributed by atoms with Crippen molar-refractivity contribution in [3.8, 4) is 5.75 Å². The van der Waals surface area contributed by atoms with Crippen LogP contribution in [0.5, 0.6) is 5.75 Å². The zero-order chi connectivity index (χ0) is 13.1. The Bertz CT molecular complexity index is 335. The lowest BCUT2D eigenvalue weighted by molar-refractivity contribution is 0.0331. The second-order valence-corrected chi connectivity index (χ2v) is 5.40. The first-order valence-electron chi connectivity index (χ1n) is 5.90. The lowest BCUT2D eigenvalue weighted by Gasteiger charge is -2.29. The van der Waals surface area contributed by atoms with Gasteiger partial charge in [0.1, 0.15) is 11.9 Å². The van der Waals surface area contributed by atoms with Crippen LogP contribution in [0.3, 0.4) is 0 Å². The predicted octanol–water partition coefficient (Wildman–Crippen LogP) is 2.53. The van der Waals surface area contributed by atoms with E-state index < -0.39 is 6.10 Å². The second kappa shape index (κ2) is 5.52. The van der Waals surface area contributed by atoms with Crippen LogP contribution in [0.2, 0.25) is 0 Å². The maximum absolute atomic E-state index is 9.39. The highest BCUT2D eigenvalue weighted by Crippen LogP contribution is 2.25. The fourth-order valence-corrected chi connectivity index (χ4v) is 1.48. The number of benzene rings is 1. The molecule has 1 aromatic carbocycles. The molecule has 0 heterocycles. The average Bonchev–Trinajstić information content (AvgIpc) is 2.24. The molecule has 0 aromatic heterocycles. The summed E-state index contributed by atoms with van der Waals surface area (Å²) in [6, 6.07) is 7.29. The zero-order valence-electron chi connectivity index (χ0n) is 11.0. The van der Waals surface area contributed by atoms with Crippen molar-refractivity contribution in [2.75, 3.05) is 6.61 Å². The fraction of sp³-hybridized carbons (Fsp3) is 0.571. The van der Waals surface area contributed by atoms with Gasteiger partial charge in [0.2, 0.25) is 0 Å². The minimum Gasteiger partial charge on any atom is -0.487 e. The molecule has 17 heavy (non-hydrogen) atoms. The Morgan fingerprint density at radius 1 is 1.18 bits per heavy atom. The van der Waals surface area contributed by atoms with Crippen LogP contribution in [0.1, 0.15) is 39.4 Å². The van der Waals surface area contributed by atoms with Gasteiger partial charge in [-0.15, -0.1) is 0 Å². The summed E-state index contributed by atoms with van der Waals surface area (Å²) in [7, 11) is 0. The molecule has 3 nitrogen and oxygen atoms in total. The maximum atomic E-state index is 9.39. The molecule has 96 valence electrons. The summed E-state index contributed by atoms with van der Waals surface area (Å²) in [6.07, 6.45) is -0.708. The van der Waals surface area contributed by atoms with E-state index in [1.165, 1.54) is 0 Å². The van der Waals surface area contributed by atoms with E-state index >= 15 is 0 Å². The van der Waals surface area contributed by atoms with Crippen LogP contribution in [0.25, 0.3) is 0 Å². The lowest BCUT2D eigenvalue weighted by atomic mass is 9.89. The molecule has 2 N–H and O–H groups in total. The summed E-state index contributed by atoms with van der Waals surface area (Å²) in [5.74, 6) is 0.711. The van der Waals surface area contributed by atoms with Crippen LogP contribution in [-0.4, -0.2) is 22.9 Å². The highest BCUT2D eigenvalue weighted by molar-refractivity contribution is 5.28. The third-order valence-electron chi connectivity index (χ3n) is 2.77. The molecular weight excluding hydrogens is 216 g/mol. The fourth-order valence-electron chi connectivity index (χ4n) is 1.48. The van der Waals surface area contributed by atoms with Gasteiger partial charge >= 0.3 is 0 Å². The maximum Gasteiger partial charge on any atom is 0.126 e. The quantitative estimate of drug-likeness (QED) is 0.847. The molecule has 2 atom stereocenters. The number of hydrogen-bond donors (Lipinski definition) is 2. The molecule has 2 unspecified atom stereocenters. The number of hydrogen-bond acceptors (Lipinski definition) is 3. The summed E-state index contributed by atoms with van der Waals surface area (Å²) in [5.41, 5.74) is 0.742. The third kappa shape index (κ3) is 4.02. The van der Waals surface area contributed by atoms with Gasteiger partial charge < -0.3 is 14.9 Å². The number of aliphatic hydroxyl groups is 2. The van der Waals surface area contributed by atoms with Crippen molar-refractivity contribution < 1.29 is 14.9 Å². The normalized spacial score (nSPS) is 15.4. The van der Waals surface area contributed by atoms with E-state index in [2.05, 4.69) is 0 Å². The lowest BCUT2D eigenvalue weighted by Crippen LogP contribution is -2.35. The molecule has 0 saturated carbocycles. The summed E-state index contributed by atoms with van der Waals surface area (Å²) in [6.45, 7) is 7.79. The highest BCUT2D eigenvalue weighted by Gasteiger charge is 2.25. The first-order chi connectivity index (χ1) is 7.84. The molecule has 0 aliphatic rings. The number of rotatable bonds is 4. The third-order valence-corrected chi connectivity index (χ3v) is 2.77. The van der Waals surface area contributed by atoms with E-state index in [-0.39, 0.29) is 18.1 Å². The molecule has 0 aliphatic heterocycles. The first kappa shape index (κ1) is 14.0. The van der Waals surface area contributed by atoms with Crippen molar-refractivity contribution in [1.82, 2.24) is 0 Å². The van der Waals surface area contributed by atoms with Crippen molar-refractivity contribution in [3.63, 3.8) is 0 Å². The minimum atomic E-state index is -0.472. The molecule has 0 amide bonds. The van der Waals surface area contributed by atoms with E-state index in [4.69, 9.17) is 4.74 Å². The second-order valence-electron chi connectivity index (χ2n) is 5.40. The zero-order valence-corrected chi connectivity index (χ0v) is 11.0. The van der Waals surface area contributed by atoms with Gasteiger partial charge in [-0.3, -0.25) is 0 Å². The van der Waals surface area contributed by atoms with Crippen molar-refractivity contribution in [1.29, 1.82) is 0 Å². The van der Waals surface area contributed by atoms with Crippen molar-refractivity contribution in [3.05, 3.63) is 29.8 Å². The molecule has 0 saturated heterocycles. The van der Waals surface area contributed by atoms with Gasteiger partial charge in [0, 0.05) is 5.41 Å². The van der Waals surface area contributed by atoms with E-state index in [1.807, 2.05) is 45.0 Å². The van der Waals surface area contributed by atoms with Gasteiger partial charge in [-0.1, -0.05) is 32.9 Å². The van der Waals surface area contributed by atoms with E-state index in [0.29, 0.717) is 5.75 Å². The van der Waals surface area contributed by atoms with Gasteiger partial charge in [0.15, 0.2) is 0 Å². The molecule has 3 heteroatoms. The van der Waals surface area contributed by atoms with Crippen LogP contribution in [0, 0.1) is 5.41 Å². The standard InChI is InChI=1S/C14H22O3/c1-10(16)11-5-7-12(8-6-11)17-13(9-15)14(2,3)4/h5-8,10,13,15-16H,9H2,1-4H3. The van der Waals surface area contributed by atoms with Gasteiger partial charge in [0.05, 0.1) is 12.7 Å². The molecule has 0 radical (unpaired) electrons. The van der Waals surface area contributed by atoms with E-state index in [0.717, 1.165) is 5.56 Å². The van der Waals surface area contributed by atoms with Crippen molar-refractivity contribution in [2.24, 2.45) is 5.41 Å². The molecule has 1 aromatic rings. The SMILES string of the molecule is CC(O)c1ccc(OC(CO)C(C)(C)C)cc1. The monoisotopic (exact) mass is 238 g/mol. The average molecular weight is 238 g/mol. The van der Waals surface area contributed by atoms with E-state index in [9.17, 15) is 10.2 Å². The van der Waals surface area contributed by atoms with Crippen LogP contribution < -0.4 is 4.74 Å². The molecule has 0 aliphatic carbocycles. The predicted molar refractivity (Wildman–Crippen MR) is 68.0 cm³/mol. The Labute approximate surface area is 103 Å². The number of aliphatic hydroxyl groups excluding tert-OH is 2. The minimum absolute atomic E-state index is 0.0122. The van der Waals surface area contributed by atoms with Gasteiger partial charge in [-0.25, -0.2) is 0 Å². The molecule has 0 bridgehead atoms. The number of ether oxygens (including phenoxy) is 1. The highest BCUT2D eigenvalue weighted by atomic mass is 16.5. The largest absolute Gasteiger partial charge is 0.487 e. The molecule has 0 fully saturated rings. The van der Waals surface area contributed by atoms with Crippen LogP contribution in [0.4, 0.5) is 0 Å². The Morgan fingerprint density at radius 3 is 2.06 bits per heavy atom. The summed E-state index contributed by atoms with van der Waals surface area (Å²) in [5, 5.41) is 18.7. The summed E-state index contributed by atoms with van der Waals surface area (Å²) < 4.78 is 5.73. The smallest absolute Gasteiger partial charge is 0.126 e. The van der Waals surface area contributed by atoms with Gasteiger partial charge in [-0.05, 0) is 24.6 Å². The molecule has 0 spiro atoms. The first-order valence-corrected chi connectivity index (χ1v) is 5.90. The van der Waals surface area contributed by atoms with Crippen LogP contribution in [0.15, 0.2) is 24.3 Å². The Kier molecular flexibility index (Phi) is 4.54. The van der Waals surface area contributed by atoms with Gasteiger partial charge in [0.25, 0.3) is 0 Å². The van der Waals surface area contributed by atoms with E-state index in [1.54, 1.807) is 6.92 Å². The Morgan fingerprint density at radius 2 is 1.71 bits per heavy atom. The van der Waals surface area contributed by atoms with Crippen LogP contribution >= 0.6 is 0 Å². The summed E-state index contributed by atoms with van der Waals surface area (Å²) in [4.78, 5) is 0. The van der Waals surface area contributed by atoms with Crippen molar-refractivity contribution >= 4 is 0 Å². The van der Waals surface area contributed by atoms with Crippen molar-refractivity contribution in [2.45, 2.75) is 39.9 Å². The van der Waals surface area contributed by atoms with Crippen LogP contribution in [-0.2, 0) is 0 Å².